The van der Waals surface area contributed by atoms with Crippen LogP contribution in [0.5, 0.6) is 5.75 Å². The Morgan fingerprint density at radius 2 is 1.63 bits per heavy atom. The van der Waals surface area contributed by atoms with E-state index in [9.17, 15) is 13.2 Å². The number of hydroxylamine groups is 1. The highest BCUT2D eigenvalue weighted by atomic mass is 32.2. The van der Waals surface area contributed by atoms with Crippen molar-refractivity contribution in [2.75, 3.05) is 5.75 Å². The molecule has 0 aliphatic rings. The molecule has 1 amide bonds. The molecule has 2 rings (SSSR count). The Hall–Kier alpha value is -3.28. The number of hydrogen-bond acceptors (Lipinski definition) is 6. The van der Waals surface area contributed by atoms with Gasteiger partial charge in [-0.15, -0.1) is 11.8 Å². The van der Waals surface area contributed by atoms with Crippen LogP contribution >= 0.6 is 0 Å². The number of aliphatic hydroxyl groups is 1. The summed E-state index contributed by atoms with van der Waals surface area (Å²) in [5.41, 5.74) is 1.42. The van der Waals surface area contributed by atoms with Gasteiger partial charge in [-0.3, -0.25) is 10.0 Å². The van der Waals surface area contributed by atoms with Crippen molar-refractivity contribution >= 4 is 26.8 Å². The Kier molecular flexibility index (Phi) is 13.1. The van der Waals surface area contributed by atoms with Crippen molar-refractivity contribution in [3.63, 3.8) is 0 Å². The highest BCUT2D eigenvalue weighted by molar-refractivity contribution is 7.87. The van der Waals surface area contributed by atoms with Crippen LogP contribution < -0.4 is 9.66 Å². The van der Waals surface area contributed by atoms with E-state index in [1.807, 2.05) is 13.8 Å². The molecule has 0 unspecified atom stereocenters. The molecule has 0 aromatic heterocycles. The maximum absolute atomic E-state index is 11.9. The van der Waals surface area contributed by atoms with Crippen molar-refractivity contribution in [2.24, 2.45) is 0 Å². The summed E-state index contributed by atoms with van der Waals surface area (Å²) in [6.45, 7) is 7.08. The van der Waals surface area contributed by atoms with Crippen molar-refractivity contribution in [1.82, 2.24) is 5.48 Å². The van der Waals surface area contributed by atoms with Crippen LogP contribution in [0.15, 0.2) is 60.9 Å². The molecule has 0 spiro atoms. The first-order valence-corrected chi connectivity index (χ1v) is 10.5. The number of allylic oxidation sites excluding steroid dienone is 2. The monoisotopic (exact) mass is 433 g/mol. The lowest BCUT2D eigenvalue weighted by Crippen LogP contribution is -2.21. The van der Waals surface area contributed by atoms with Crippen molar-refractivity contribution in [3.8, 4) is 17.6 Å². The van der Waals surface area contributed by atoms with Crippen molar-refractivity contribution in [2.45, 2.75) is 27.7 Å². The normalized spacial score (nSPS) is 10.3. The largest absolute Gasteiger partial charge is 0.516 e. The number of nitrogens with one attached hydrogen (secondary N) is 1. The fraction of sp³-hybridized carbons (Fsp3) is 0.227. The molecule has 0 heterocycles. The van der Waals surface area contributed by atoms with E-state index in [1.54, 1.807) is 50.3 Å². The fourth-order valence-corrected chi connectivity index (χ4v) is 2.82. The van der Waals surface area contributed by atoms with Crippen LogP contribution in [0.25, 0.3) is 10.8 Å². The van der Waals surface area contributed by atoms with Gasteiger partial charge in [0.15, 0.2) is 5.75 Å². The Labute approximate surface area is 177 Å². The maximum atomic E-state index is 11.9. The highest BCUT2D eigenvalue weighted by Crippen LogP contribution is 2.27. The van der Waals surface area contributed by atoms with E-state index in [4.69, 9.17) is 14.5 Å². The number of amides is 1. The third kappa shape index (κ3) is 9.78. The van der Waals surface area contributed by atoms with Crippen LogP contribution in [-0.4, -0.2) is 30.4 Å². The van der Waals surface area contributed by atoms with E-state index in [0.717, 1.165) is 11.6 Å². The van der Waals surface area contributed by atoms with Gasteiger partial charge in [-0.1, -0.05) is 42.5 Å². The predicted octanol–water partition coefficient (Wildman–Crippen LogP) is 4.35. The zero-order chi connectivity index (χ0) is 23.0. The van der Waals surface area contributed by atoms with Crippen molar-refractivity contribution in [3.05, 3.63) is 66.5 Å². The first kappa shape index (κ1) is 26.7. The van der Waals surface area contributed by atoms with Gasteiger partial charge in [0.1, 0.15) is 5.75 Å². The quantitative estimate of drug-likeness (QED) is 0.161. The zero-order valence-corrected chi connectivity index (χ0v) is 18.2. The van der Waals surface area contributed by atoms with E-state index in [0.29, 0.717) is 5.39 Å². The van der Waals surface area contributed by atoms with Crippen LogP contribution in [0.2, 0.25) is 0 Å². The molecule has 0 saturated heterocycles. The lowest BCUT2D eigenvalue weighted by molar-refractivity contribution is 0.0705. The molecule has 2 aromatic carbocycles. The molecule has 7 nitrogen and oxygen atoms in total. The van der Waals surface area contributed by atoms with E-state index >= 15 is 0 Å². The average Bonchev–Trinajstić information content (AvgIpc) is 2.76. The lowest BCUT2D eigenvalue weighted by atomic mass is 10.1. The number of aliphatic hydroxyl groups excluding tert-OH is 1. The van der Waals surface area contributed by atoms with E-state index in [-0.39, 0.29) is 17.1 Å². The number of rotatable bonds is 5. The van der Waals surface area contributed by atoms with Gasteiger partial charge >= 0.3 is 10.1 Å². The molecule has 0 saturated carbocycles. The number of carbonyl (C=O) groups is 1. The predicted molar refractivity (Wildman–Crippen MR) is 119 cm³/mol. The average molecular weight is 434 g/mol. The van der Waals surface area contributed by atoms with Crippen LogP contribution in [0.4, 0.5) is 0 Å². The Balaban J connectivity index is 0.000000901. The van der Waals surface area contributed by atoms with Crippen molar-refractivity contribution < 1.29 is 27.7 Å². The second-order valence-electron chi connectivity index (χ2n) is 5.50. The SMILES string of the molecule is C/C=C/O.C/C=C\CS(=O)(=O)Oc1cc2ccccc2cc1C(=O)NO.CC#CC. The molecule has 0 radical (unpaired) electrons. The van der Waals surface area contributed by atoms with E-state index in [2.05, 4.69) is 11.8 Å². The smallest absolute Gasteiger partial charge is 0.312 e. The number of hydrogen-bond donors (Lipinski definition) is 3. The molecule has 2 aromatic rings. The Morgan fingerprint density at radius 3 is 2.07 bits per heavy atom. The summed E-state index contributed by atoms with van der Waals surface area (Å²) in [5.74, 6) is 4.08. The van der Waals surface area contributed by atoms with Gasteiger partial charge in [-0.05, 0) is 50.6 Å². The standard InChI is InChI=1S/C15H15NO5S.C4H6.C3H6O/c1-2-3-8-22(19,20)21-14-10-12-7-5-4-6-11(12)9-13(14)15(17)16-18;1-3-4-2;1-2-3-4/h2-7,9-10,18H,8H2,1H3,(H,16,17);1-2H3;2-4H,1H3/b3-2-;;3-2+. The molecule has 8 heteroatoms. The van der Waals surface area contributed by atoms with E-state index in [1.165, 1.54) is 23.7 Å². The zero-order valence-electron chi connectivity index (χ0n) is 17.4. The van der Waals surface area contributed by atoms with Gasteiger partial charge < -0.3 is 9.29 Å². The first-order chi connectivity index (χ1) is 14.3. The molecule has 0 bridgehead atoms. The molecule has 0 fully saturated rings. The van der Waals surface area contributed by atoms with E-state index < -0.39 is 16.0 Å². The second kappa shape index (κ2) is 14.7. The molecule has 0 atom stereocenters. The van der Waals surface area contributed by atoms with Gasteiger partial charge in [0.2, 0.25) is 0 Å². The van der Waals surface area contributed by atoms with Crippen molar-refractivity contribution in [1.29, 1.82) is 0 Å². The summed E-state index contributed by atoms with van der Waals surface area (Å²) in [7, 11) is -3.88. The molecule has 3 N–H and O–H groups in total. The van der Waals surface area contributed by atoms with Crippen LogP contribution in [0.1, 0.15) is 38.1 Å². The Bertz CT molecular complexity index is 1020. The lowest BCUT2D eigenvalue weighted by Gasteiger charge is -2.11. The molecule has 30 heavy (non-hydrogen) atoms. The maximum Gasteiger partial charge on any atom is 0.312 e. The minimum absolute atomic E-state index is 0.0646. The molecular weight excluding hydrogens is 406 g/mol. The third-order valence-corrected chi connectivity index (χ3v) is 4.38. The Morgan fingerprint density at radius 1 is 1.10 bits per heavy atom. The second-order valence-corrected chi connectivity index (χ2v) is 7.11. The minimum Gasteiger partial charge on any atom is -0.516 e. The van der Waals surface area contributed by atoms with Crippen LogP contribution in [0.3, 0.4) is 0 Å². The fourth-order valence-electron chi connectivity index (χ4n) is 1.91. The first-order valence-electron chi connectivity index (χ1n) is 8.89. The summed E-state index contributed by atoms with van der Waals surface area (Å²) in [5, 5.41) is 17.9. The molecule has 162 valence electrons. The summed E-state index contributed by atoms with van der Waals surface area (Å²) >= 11 is 0. The van der Waals surface area contributed by atoms with Gasteiger partial charge in [0.25, 0.3) is 5.91 Å². The molecule has 0 aliphatic carbocycles. The summed E-state index contributed by atoms with van der Waals surface area (Å²) in [4.78, 5) is 11.7. The molecule has 0 aliphatic heterocycles. The highest BCUT2D eigenvalue weighted by Gasteiger charge is 2.19. The summed E-state index contributed by atoms with van der Waals surface area (Å²) in [6.07, 6.45) is 5.57. The van der Waals surface area contributed by atoms with Gasteiger partial charge in [-0.25, -0.2) is 5.48 Å². The third-order valence-electron chi connectivity index (χ3n) is 3.35. The van der Waals surface area contributed by atoms with Gasteiger partial charge in [0, 0.05) is 0 Å². The van der Waals surface area contributed by atoms with Gasteiger partial charge in [-0.2, -0.15) is 8.42 Å². The van der Waals surface area contributed by atoms with Crippen LogP contribution in [0, 0.1) is 11.8 Å². The number of benzene rings is 2. The van der Waals surface area contributed by atoms with Gasteiger partial charge in [0.05, 0.1) is 11.8 Å². The summed E-state index contributed by atoms with van der Waals surface area (Å²) < 4.78 is 28.8. The summed E-state index contributed by atoms with van der Waals surface area (Å²) in [6, 6.07) is 10.0. The minimum atomic E-state index is -3.88. The molecular formula is C22H27NO6S. The number of carbonyl (C=O) groups excluding carboxylic acids is 1. The van der Waals surface area contributed by atoms with Crippen LogP contribution in [-0.2, 0) is 10.1 Å². The topological polar surface area (TPSA) is 113 Å². The number of fused-ring (bicyclic) bond motifs is 1.